The molecule has 2 N–H and O–H groups in total. The van der Waals surface area contributed by atoms with E-state index in [0.717, 1.165) is 6.42 Å². The van der Waals surface area contributed by atoms with Crippen molar-refractivity contribution in [3.05, 3.63) is 34.1 Å². The minimum Gasteiger partial charge on any atom is -0.480 e. The average Bonchev–Trinajstić information content (AvgIpc) is 2.28. The third kappa shape index (κ3) is 2.63. The summed E-state index contributed by atoms with van der Waals surface area (Å²) in [7, 11) is 0. The van der Waals surface area contributed by atoms with Gasteiger partial charge in [-0.05, 0) is 31.0 Å². The van der Waals surface area contributed by atoms with Crippen LogP contribution in [0.1, 0.15) is 24.8 Å². The van der Waals surface area contributed by atoms with Gasteiger partial charge in [-0.1, -0.05) is 22.4 Å². The molecule has 0 spiro atoms. The van der Waals surface area contributed by atoms with Crippen molar-refractivity contribution in [3.8, 4) is 0 Å². The Balaban J connectivity index is 2.04. The van der Waals surface area contributed by atoms with Crippen LogP contribution < -0.4 is 5.32 Å². The Morgan fingerprint density at radius 1 is 1.42 bits per heavy atom. The number of aliphatic carboxylic acids is 1. The minimum absolute atomic E-state index is 0.0147. The molecule has 1 aliphatic rings. The number of nitrogens with one attached hydrogen (secondary N) is 1. The number of halogens is 2. The van der Waals surface area contributed by atoms with Gasteiger partial charge in [-0.15, -0.1) is 0 Å². The Labute approximate surface area is 118 Å². The smallest absolute Gasteiger partial charge is 0.319 e. The van der Waals surface area contributed by atoms with Gasteiger partial charge in [-0.25, -0.2) is 4.39 Å². The fourth-order valence-corrected chi connectivity index (χ4v) is 2.50. The molecule has 1 aliphatic carbocycles. The third-order valence-corrected chi connectivity index (χ3v) is 3.99. The molecule has 0 aliphatic heterocycles. The van der Waals surface area contributed by atoms with Crippen LogP contribution in [0.3, 0.4) is 0 Å². The van der Waals surface area contributed by atoms with E-state index in [1.165, 1.54) is 6.07 Å². The van der Waals surface area contributed by atoms with Crippen molar-refractivity contribution >= 4 is 27.8 Å². The molecule has 1 aromatic carbocycles. The molecule has 102 valence electrons. The first-order valence-corrected chi connectivity index (χ1v) is 6.71. The zero-order valence-electron chi connectivity index (χ0n) is 10.1. The van der Waals surface area contributed by atoms with Crippen molar-refractivity contribution in [3.63, 3.8) is 0 Å². The van der Waals surface area contributed by atoms with Crippen molar-refractivity contribution in [1.29, 1.82) is 0 Å². The molecule has 0 saturated heterocycles. The Bertz CT molecular complexity index is 529. The van der Waals surface area contributed by atoms with Gasteiger partial charge >= 0.3 is 5.97 Å². The van der Waals surface area contributed by atoms with Crippen LogP contribution in [0, 0.1) is 11.2 Å². The van der Waals surface area contributed by atoms with Crippen molar-refractivity contribution in [1.82, 2.24) is 5.32 Å². The standard InChI is InChI=1S/C13H13BrFNO3/c14-9-2-3-10(15)8(6-9)7-16-11(17)13(12(18)19)4-1-5-13/h2-3,6H,1,4-5,7H2,(H,16,17)(H,18,19). The first-order valence-electron chi connectivity index (χ1n) is 5.91. The summed E-state index contributed by atoms with van der Waals surface area (Å²) in [5.41, 5.74) is -0.995. The molecule has 0 bridgehead atoms. The molecule has 6 heteroatoms. The Morgan fingerprint density at radius 3 is 2.63 bits per heavy atom. The molecule has 1 amide bonds. The molecule has 1 fully saturated rings. The van der Waals surface area contributed by atoms with Gasteiger partial charge in [0.15, 0.2) is 0 Å². The van der Waals surface area contributed by atoms with Crippen LogP contribution in [0.4, 0.5) is 4.39 Å². The van der Waals surface area contributed by atoms with E-state index in [2.05, 4.69) is 21.2 Å². The molecule has 4 nitrogen and oxygen atoms in total. The van der Waals surface area contributed by atoms with Gasteiger partial charge in [0.1, 0.15) is 11.2 Å². The fraction of sp³-hybridized carbons (Fsp3) is 0.385. The second-order valence-electron chi connectivity index (χ2n) is 4.66. The van der Waals surface area contributed by atoms with Gasteiger partial charge in [0.2, 0.25) is 5.91 Å². The molecule has 1 aromatic rings. The van der Waals surface area contributed by atoms with E-state index >= 15 is 0 Å². The maximum absolute atomic E-state index is 13.5. The molecule has 0 atom stereocenters. The molecular weight excluding hydrogens is 317 g/mol. The van der Waals surface area contributed by atoms with Crippen LogP contribution in [0.5, 0.6) is 0 Å². The van der Waals surface area contributed by atoms with Crippen LogP contribution in [-0.2, 0) is 16.1 Å². The Hall–Kier alpha value is -1.43. The number of carbonyl (C=O) groups is 2. The maximum Gasteiger partial charge on any atom is 0.319 e. The average molecular weight is 330 g/mol. The predicted octanol–water partition coefficient (Wildman–Crippen LogP) is 2.46. The first-order chi connectivity index (χ1) is 8.95. The summed E-state index contributed by atoms with van der Waals surface area (Å²) in [4.78, 5) is 23.1. The first kappa shape index (κ1) is 14.0. The number of carboxylic acid groups (broad SMARTS) is 1. The quantitative estimate of drug-likeness (QED) is 0.834. The summed E-state index contributed by atoms with van der Waals surface area (Å²) in [5, 5.41) is 11.6. The molecule has 0 radical (unpaired) electrons. The van der Waals surface area contributed by atoms with Gasteiger partial charge in [-0.2, -0.15) is 0 Å². The van der Waals surface area contributed by atoms with Gasteiger partial charge in [0, 0.05) is 16.6 Å². The number of carbonyl (C=O) groups excluding carboxylic acids is 1. The van der Waals surface area contributed by atoms with Gasteiger partial charge in [-0.3, -0.25) is 9.59 Å². The van der Waals surface area contributed by atoms with E-state index in [1.54, 1.807) is 12.1 Å². The lowest BCUT2D eigenvalue weighted by Gasteiger charge is -2.35. The van der Waals surface area contributed by atoms with Crippen LogP contribution >= 0.6 is 15.9 Å². The monoisotopic (exact) mass is 329 g/mol. The van der Waals surface area contributed by atoms with E-state index in [4.69, 9.17) is 5.11 Å². The predicted molar refractivity (Wildman–Crippen MR) is 69.9 cm³/mol. The molecule has 1 saturated carbocycles. The minimum atomic E-state index is -1.32. The van der Waals surface area contributed by atoms with Crippen molar-refractivity contribution in [2.75, 3.05) is 0 Å². The molecule has 2 rings (SSSR count). The highest BCUT2D eigenvalue weighted by atomic mass is 79.9. The highest BCUT2D eigenvalue weighted by Crippen LogP contribution is 2.41. The van der Waals surface area contributed by atoms with E-state index in [-0.39, 0.29) is 6.54 Å². The maximum atomic E-state index is 13.5. The lowest BCUT2D eigenvalue weighted by molar-refractivity contribution is -0.162. The van der Waals surface area contributed by atoms with Crippen LogP contribution in [0.25, 0.3) is 0 Å². The normalized spacial score (nSPS) is 16.5. The summed E-state index contributed by atoms with van der Waals surface area (Å²) in [5.74, 6) is -2.07. The summed E-state index contributed by atoms with van der Waals surface area (Å²) < 4.78 is 14.2. The van der Waals surface area contributed by atoms with Gasteiger partial charge < -0.3 is 10.4 Å². The summed E-state index contributed by atoms with van der Waals surface area (Å²) in [6.07, 6.45) is 1.41. The number of hydrogen-bond acceptors (Lipinski definition) is 2. The van der Waals surface area contributed by atoms with Crippen LogP contribution in [-0.4, -0.2) is 17.0 Å². The fourth-order valence-electron chi connectivity index (χ4n) is 2.09. The van der Waals surface area contributed by atoms with Gasteiger partial charge in [0.05, 0.1) is 0 Å². The molecule has 0 aromatic heterocycles. The number of benzene rings is 1. The van der Waals surface area contributed by atoms with Crippen LogP contribution in [0.2, 0.25) is 0 Å². The zero-order chi connectivity index (χ0) is 14.0. The van der Waals surface area contributed by atoms with Crippen molar-refractivity contribution in [2.45, 2.75) is 25.8 Å². The second kappa shape index (κ2) is 5.28. The van der Waals surface area contributed by atoms with E-state index in [9.17, 15) is 14.0 Å². The number of amides is 1. The van der Waals surface area contributed by atoms with E-state index in [0.29, 0.717) is 22.9 Å². The van der Waals surface area contributed by atoms with E-state index in [1.807, 2.05) is 0 Å². The SMILES string of the molecule is O=C(O)C1(C(=O)NCc2cc(Br)ccc2F)CCC1. The van der Waals surface area contributed by atoms with Crippen molar-refractivity contribution < 1.29 is 19.1 Å². The number of hydrogen-bond donors (Lipinski definition) is 2. The van der Waals surface area contributed by atoms with Crippen LogP contribution in [0.15, 0.2) is 22.7 Å². The second-order valence-corrected chi connectivity index (χ2v) is 5.57. The lowest BCUT2D eigenvalue weighted by atomic mass is 9.68. The van der Waals surface area contributed by atoms with Crippen molar-refractivity contribution in [2.24, 2.45) is 5.41 Å². The summed E-state index contributed by atoms with van der Waals surface area (Å²) in [6, 6.07) is 4.41. The number of rotatable bonds is 4. The number of carboxylic acids is 1. The lowest BCUT2D eigenvalue weighted by Crippen LogP contribution is -2.50. The summed E-state index contributed by atoms with van der Waals surface area (Å²) >= 11 is 3.22. The molecule has 19 heavy (non-hydrogen) atoms. The summed E-state index contributed by atoms with van der Waals surface area (Å²) in [6.45, 7) is -0.0147. The molecule has 0 unspecified atom stereocenters. The molecule has 0 heterocycles. The highest BCUT2D eigenvalue weighted by molar-refractivity contribution is 9.10. The van der Waals surface area contributed by atoms with E-state index < -0.39 is 23.1 Å². The zero-order valence-corrected chi connectivity index (χ0v) is 11.7. The molecular formula is C13H13BrFNO3. The Kier molecular flexibility index (Phi) is 3.89. The third-order valence-electron chi connectivity index (χ3n) is 3.50. The largest absolute Gasteiger partial charge is 0.480 e. The topological polar surface area (TPSA) is 66.4 Å². The highest BCUT2D eigenvalue weighted by Gasteiger charge is 2.51. The van der Waals surface area contributed by atoms with Gasteiger partial charge in [0.25, 0.3) is 0 Å². The Morgan fingerprint density at radius 2 is 2.11 bits per heavy atom.